The Balaban J connectivity index is 1.54. The average Bonchev–Trinajstić information content (AvgIpc) is 2.62. The highest BCUT2D eigenvalue weighted by Crippen LogP contribution is 2.45. The van der Waals surface area contributed by atoms with Crippen LogP contribution in [0.5, 0.6) is 5.75 Å². The van der Waals surface area contributed by atoms with Crippen LogP contribution in [0.4, 0.5) is 8.78 Å². The molecule has 25 heavy (non-hydrogen) atoms. The maximum Gasteiger partial charge on any atom is 0.190 e. The summed E-state index contributed by atoms with van der Waals surface area (Å²) in [5, 5.41) is 0. The minimum absolute atomic E-state index is 0.263. The fourth-order valence-electron chi connectivity index (χ4n) is 5.29. The molecule has 2 fully saturated rings. The monoisotopic (exact) mass is 350 g/mol. The topological polar surface area (TPSA) is 9.23 Å². The second kappa shape index (κ2) is 8.51. The zero-order chi connectivity index (χ0) is 17.8. The van der Waals surface area contributed by atoms with Gasteiger partial charge in [0.25, 0.3) is 0 Å². The molecular formula is C22H32F2O. The second-order valence-electron chi connectivity index (χ2n) is 8.20. The molecule has 0 aliphatic heterocycles. The fourth-order valence-corrected chi connectivity index (χ4v) is 5.29. The zero-order valence-corrected chi connectivity index (χ0v) is 15.7. The van der Waals surface area contributed by atoms with Gasteiger partial charge in [0.15, 0.2) is 17.4 Å². The Morgan fingerprint density at radius 2 is 1.40 bits per heavy atom. The van der Waals surface area contributed by atoms with Gasteiger partial charge in [-0.05, 0) is 79.9 Å². The molecule has 0 saturated heterocycles. The van der Waals surface area contributed by atoms with Gasteiger partial charge in [-0.25, -0.2) is 8.78 Å². The summed E-state index contributed by atoms with van der Waals surface area (Å²) >= 11 is 0. The lowest BCUT2D eigenvalue weighted by Gasteiger charge is -2.38. The number of benzene rings is 1. The van der Waals surface area contributed by atoms with Crippen molar-refractivity contribution < 1.29 is 13.5 Å². The molecule has 0 bridgehead atoms. The van der Waals surface area contributed by atoms with Gasteiger partial charge in [-0.2, -0.15) is 0 Å². The van der Waals surface area contributed by atoms with Crippen molar-refractivity contribution in [1.29, 1.82) is 0 Å². The van der Waals surface area contributed by atoms with Crippen molar-refractivity contribution in [3.8, 4) is 5.75 Å². The predicted octanol–water partition coefficient (Wildman–Crippen LogP) is 6.85. The van der Waals surface area contributed by atoms with E-state index in [1.165, 1.54) is 70.6 Å². The van der Waals surface area contributed by atoms with Gasteiger partial charge >= 0.3 is 0 Å². The minimum atomic E-state index is -0.575. The smallest absolute Gasteiger partial charge is 0.190 e. The molecule has 0 atom stereocenters. The van der Waals surface area contributed by atoms with Crippen LogP contribution in [-0.4, -0.2) is 7.11 Å². The van der Waals surface area contributed by atoms with Crippen LogP contribution >= 0.6 is 0 Å². The Kier molecular flexibility index (Phi) is 6.35. The van der Waals surface area contributed by atoms with Crippen molar-refractivity contribution >= 4 is 0 Å². The van der Waals surface area contributed by atoms with Crippen LogP contribution in [0.15, 0.2) is 12.1 Å². The van der Waals surface area contributed by atoms with Crippen LogP contribution in [0.2, 0.25) is 0 Å². The molecule has 2 aliphatic rings. The molecule has 140 valence electrons. The van der Waals surface area contributed by atoms with E-state index in [1.807, 2.05) is 0 Å². The van der Waals surface area contributed by atoms with E-state index >= 15 is 0 Å². The zero-order valence-electron chi connectivity index (χ0n) is 15.7. The summed E-state index contributed by atoms with van der Waals surface area (Å²) < 4.78 is 32.7. The molecule has 2 aliphatic carbocycles. The molecule has 0 spiro atoms. The van der Waals surface area contributed by atoms with Gasteiger partial charge in [-0.3, -0.25) is 0 Å². The lowest BCUT2D eigenvalue weighted by molar-refractivity contribution is 0.156. The summed E-state index contributed by atoms with van der Waals surface area (Å²) in [7, 11) is 1.31. The molecule has 0 N–H and O–H groups in total. The van der Waals surface area contributed by atoms with Gasteiger partial charge in [0, 0.05) is 0 Å². The number of ether oxygens (including phenoxy) is 1. The molecule has 1 aromatic carbocycles. The third kappa shape index (κ3) is 4.35. The molecule has 3 rings (SSSR count). The van der Waals surface area contributed by atoms with E-state index in [1.54, 1.807) is 0 Å². The summed E-state index contributed by atoms with van der Waals surface area (Å²) in [6.07, 6.45) is 12.9. The van der Waals surface area contributed by atoms with E-state index in [0.29, 0.717) is 5.92 Å². The van der Waals surface area contributed by atoms with Crippen molar-refractivity contribution in [3.05, 3.63) is 29.3 Å². The summed E-state index contributed by atoms with van der Waals surface area (Å²) in [5.41, 5.74) is 0.806. The van der Waals surface area contributed by atoms with Crippen LogP contribution in [0.25, 0.3) is 0 Å². The Morgan fingerprint density at radius 3 is 1.88 bits per heavy atom. The predicted molar refractivity (Wildman–Crippen MR) is 98.0 cm³/mol. The average molecular weight is 350 g/mol. The number of methoxy groups -OCH3 is 1. The lowest BCUT2D eigenvalue weighted by atomic mass is 9.68. The first-order chi connectivity index (χ1) is 12.1. The number of hydrogen-bond acceptors (Lipinski definition) is 1. The molecule has 1 aromatic rings. The van der Waals surface area contributed by atoms with E-state index in [-0.39, 0.29) is 5.75 Å². The van der Waals surface area contributed by atoms with Crippen molar-refractivity contribution in [2.24, 2.45) is 17.8 Å². The Morgan fingerprint density at radius 1 is 0.880 bits per heavy atom. The Bertz CT molecular complexity index is 532. The first-order valence-corrected chi connectivity index (χ1v) is 10.1. The third-order valence-electron chi connectivity index (χ3n) is 6.72. The lowest BCUT2D eigenvalue weighted by Crippen LogP contribution is -2.25. The van der Waals surface area contributed by atoms with Crippen molar-refractivity contribution in [2.75, 3.05) is 7.11 Å². The fraction of sp³-hybridized carbons (Fsp3) is 0.727. The Hall–Kier alpha value is -1.12. The van der Waals surface area contributed by atoms with Crippen LogP contribution < -0.4 is 4.74 Å². The maximum atomic E-state index is 14.0. The summed E-state index contributed by atoms with van der Waals surface area (Å²) in [6, 6.07) is 2.95. The largest absolute Gasteiger partial charge is 0.491 e. The molecular weight excluding hydrogens is 318 g/mol. The molecule has 0 heterocycles. The number of rotatable bonds is 5. The Labute approximate surface area is 151 Å². The SMILES string of the molecule is CCC[C@H]1CC[C@H](C2CCC(c3cc(F)c(OC)c(F)c3)CC2)CC1. The standard InChI is InChI=1S/C22H32F2O/c1-3-4-15-5-7-16(8-6-15)17-9-11-18(12-10-17)19-13-20(23)22(25-2)21(24)14-19/h13-18H,3-12H2,1-2H3/t15-,16-,17?,18?. The van der Waals surface area contributed by atoms with Gasteiger partial charge in [0.05, 0.1) is 7.11 Å². The van der Waals surface area contributed by atoms with E-state index in [9.17, 15) is 8.78 Å². The second-order valence-corrected chi connectivity index (χ2v) is 8.20. The number of halogens is 2. The van der Waals surface area contributed by atoms with Crippen molar-refractivity contribution in [3.63, 3.8) is 0 Å². The molecule has 3 heteroatoms. The van der Waals surface area contributed by atoms with Crippen molar-refractivity contribution in [2.45, 2.75) is 77.0 Å². The molecule has 1 nitrogen and oxygen atoms in total. The molecule has 0 amide bonds. The highest BCUT2D eigenvalue weighted by molar-refractivity contribution is 5.33. The molecule has 0 radical (unpaired) electrons. The summed E-state index contributed by atoms with van der Waals surface area (Å²) in [5.74, 6) is 1.56. The van der Waals surface area contributed by atoms with E-state index in [2.05, 4.69) is 6.92 Å². The van der Waals surface area contributed by atoms with Gasteiger partial charge < -0.3 is 4.74 Å². The first-order valence-electron chi connectivity index (χ1n) is 10.1. The van der Waals surface area contributed by atoms with Gasteiger partial charge in [0.1, 0.15) is 0 Å². The van der Waals surface area contributed by atoms with Gasteiger partial charge in [-0.1, -0.05) is 32.6 Å². The maximum absolute atomic E-state index is 14.0. The van der Waals surface area contributed by atoms with E-state index in [0.717, 1.165) is 36.2 Å². The minimum Gasteiger partial charge on any atom is -0.491 e. The van der Waals surface area contributed by atoms with E-state index in [4.69, 9.17) is 4.74 Å². The van der Waals surface area contributed by atoms with Gasteiger partial charge in [-0.15, -0.1) is 0 Å². The normalized spacial score (nSPS) is 30.2. The van der Waals surface area contributed by atoms with E-state index < -0.39 is 11.6 Å². The van der Waals surface area contributed by atoms with Crippen LogP contribution in [0.3, 0.4) is 0 Å². The van der Waals surface area contributed by atoms with Gasteiger partial charge in [0.2, 0.25) is 0 Å². The third-order valence-corrected chi connectivity index (χ3v) is 6.72. The number of hydrogen-bond donors (Lipinski definition) is 0. The highest BCUT2D eigenvalue weighted by Gasteiger charge is 2.31. The van der Waals surface area contributed by atoms with Crippen LogP contribution in [0, 0.1) is 29.4 Å². The molecule has 2 saturated carbocycles. The van der Waals surface area contributed by atoms with Crippen LogP contribution in [0.1, 0.15) is 82.6 Å². The molecule has 0 aromatic heterocycles. The highest BCUT2D eigenvalue weighted by atomic mass is 19.1. The first kappa shape index (κ1) is 18.7. The van der Waals surface area contributed by atoms with Crippen LogP contribution in [-0.2, 0) is 0 Å². The summed E-state index contributed by atoms with van der Waals surface area (Å²) in [6.45, 7) is 2.29. The molecule has 0 unspecified atom stereocenters. The van der Waals surface area contributed by atoms with Crippen molar-refractivity contribution in [1.82, 2.24) is 0 Å². The quantitative estimate of drug-likeness (QED) is 0.564. The summed E-state index contributed by atoms with van der Waals surface area (Å²) in [4.78, 5) is 0.